The summed E-state index contributed by atoms with van der Waals surface area (Å²) in [4.78, 5) is 0. The lowest BCUT2D eigenvalue weighted by Crippen LogP contribution is -1.93. The molecule has 0 bridgehead atoms. The standard InChI is InChI=1S/C15H7BrCl4N2S/c16-15-10(9-3-7(17)1-2-13(9)23-15)6-21-22-14-11(19)4-8(18)5-12(14)20/h1-6,22H. The molecule has 0 aliphatic carbocycles. The first-order valence-corrected chi connectivity index (χ1v) is 9.39. The predicted octanol–water partition coefficient (Wildman–Crippen LogP) is 7.72. The third-order valence-electron chi connectivity index (χ3n) is 3.02. The van der Waals surface area contributed by atoms with Gasteiger partial charge in [-0.2, -0.15) is 5.10 Å². The molecule has 0 saturated heterocycles. The smallest absolute Gasteiger partial charge is 0.0935 e. The number of benzene rings is 2. The number of rotatable bonds is 3. The largest absolute Gasteiger partial charge is 0.275 e. The fraction of sp³-hybridized carbons (Fsp3) is 0. The molecule has 2 aromatic carbocycles. The molecule has 3 aromatic rings. The molecular formula is C15H7BrCl4N2S. The predicted molar refractivity (Wildman–Crippen MR) is 107 cm³/mol. The van der Waals surface area contributed by atoms with Gasteiger partial charge in [0, 0.05) is 25.7 Å². The summed E-state index contributed by atoms with van der Waals surface area (Å²) in [6.07, 6.45) is 1.69. The number of hydrogen-bond donors (Lipinski definition) is 1. The van der Waals surface area contributed by atoms with Crippen molar-refractivity contribution in [1.82, 2.24) is 0 Å². The molecule has 0 atom stereocenters. The maximum Gasteiger partial charge on any atom is 0.0935 e. The summed E-state index contributed by atoms with van der Waals surface area (Å²) in [6.45, 7) is 0. The highest BCUT2D eigenvalue weighted by Gasteiger charge is 2.10. The molecule has 118 valence electrons. The summed E-state index contributed by atoms with van der Waals surface area (Å²) >= 11 is 29.3. The van der Waals surface area contributed by atoms with E-state index in [1.165, 1.54) is 0 Å². The zero-order valence-electron chi connectivity index (χ0n) is 11.2. The highest BCUT2D eigenvalue weighted by atomic mass is 79.9. The zero-order chi connectivity index (χ0) is 16.6. The minimum atomic E-state index is 0.400. The van der Waals surface area contributed by atoms with Gasteiger partial charge in [-0.05, 0) is 46.3 Å². The molecule has 1 heterocycles. The van der Waals surface area contributed by atoms with Crippen molar-refractivity contribution in [2.24, 2.45) is 5.10 Å². The second-order valence-corrected chi connectivity index (χ2v) is 8.60. The van der Waals surface area contributed by atoms with Gasteiger partial charge < -0.3 is 0 Å². The van der Waals surface area contributed by atoms with E-state index in [0.717, 1.165) is 19.4 Å². The first-order valence-electron chi connectivity index (χ1n) is 6.27. The van der Waals surface area contributed by atoms with Crippen molar-refractivity contribution in [2.45, 2.75) is 0 Å². The quantitative estimate of drug-likeness (QED) is 0.308. The van der Waals surface area contributed by atoms with Crippen LogP contribution in [-0.4, -0.2) is 6.21 Å². The third kappa shape index (κ3) is 3.78. The number of nitrogens with one attached hydrogen (secondary N) is 1. The SMILES string of the molecule is Clc1cc(Cl)c(NN=Cc2c(Br)sc3ccc(Cl)cc23)c(Cl)c1. The van der Waals surface area contributed by atoms with Crippen LogP contribution in [0.4, 0.5) is 5.69 Å². The lowest BCUT2D eigenvalue weighted by atomic mass is 10.2. The van der Waals surface area contributed by atoms with Crippen LogP contribution >= 0.6 is 73.7 Å². The van der Waals surface area contributed by atoms with Crippen LogP contribution in [0.15, 0.2) is 39.2 Å². The van der Waals surface area contributed by atoms with E-state index in [-0.39, 0.29) is 0 Å². The number of halogens is 5. The van der Waals surface area contributed by atoms with E-state index in [1.807, 2.05) is 18.2 Å². The molecule has 0 aliphatic rings. The number of anilines is 1. The van der Waals surface area contributed by atoms with Crippen LogP contribution in [-0.2, 0) is 0 Å². The Morgan fingerprint density at radius 3 is 2.39 bits per heavy atom. The van der Waals surface area contributed by atoms with Gasteiger partial charge in [0.05, 0.1) is 25.7 Å². The average Bonchev–Trinajstić information content (AvgIpc) is 2.77. The first kappa shape index (κ1) is 17.3. The summed E-state index contributed by atoms with van der Waals surface area (Å²) < 4.78 is 2.08. The summed E-state index contributed by atoms with van der Waals surface area (Å²) in [7, 11) is 0. The van der Waals surface area contributed by atoms with Crippen molar-refractivity contribution < 1.29 is 0 Å². The van der Waals surface area contributed by atoms with Crippen LogP contribution < -0.4 is 5.43 Å². The van der Waals surface area contributed by atoms with Gasteiger partial charge in [-0.25, -0.2) is 0 Å². The molecule has 1 N–H and O–H groups in total. The highest BCUT2D eigenvalue weighted by Crippen LogP contribution is 2.36. The average molecular weight is 469 g/mol. The van der Waals surface area contributed by atoms with Gasteiger partial charge in [0.2, 0.25) is 0 Å². The topological polar surface area (TPSA) is 24.4 Å². The Balaban J connectivity index is 1.92. The molecule has 3 rings (SSSR count). The van der Waals surface area contributed by atoms with E-state index in [4.69, 9.17) is 46.4 Å². The molecule has 0 amide bonds. The maximum atomic E-state index is 6.11. The molecule has 23 heavy (non-hydrogen) atoms. The van der Waals surface area contributed by atoms with Gasteiger partial charge in [-0.3, -0.25) is 5.43 Å². The summed E-state index contributed by atoms with van der Waals surface area (Å²) in [6, 6.07) is 8.94. The second kappa shape index (κ2) is 7.18. The molecule has 0 aliphatic heterocycles. The highest BCUT2D eigenvalue weighted by molar-refractivity contribution is 9.11. The van der Waals surface area contributed by atoms with E-state index < -0.39 is 0 Å². The zero-order valence-corrected chi connectivity index (χ0v) is 16.6. The van der Waals surface area contributed by atoms with Gasteiger partial charge in [0.25, 0.3) is 0 Å². The van der Waals surface area contributed by atoms with Gasteiger partial charge in [0.15, 0.2) is 0 Å². The fourth-order valence-electron chi connectivity index (χ4n) is 1.99. The number of hydrazone groups is 1. The molecule has 1 aromatic heterocycles. The second-order valence-electron chi connectivity index (χ2n) is 4.54. The molecule has 0 saturated carbocycles. The van der Waals surface area contributed by atoms with Crippen LogP contribution in [0.2, 0.25) is 20.1 Å². The van der Waals surface area contributed by atoms with E-state index in [1.54, 1.807) is 29.7 Å². The molecule has 0 spiro atoms. The van der Waals surface area contributed by atoms with Gasteiger partial charge >= 0.3 is 0 Å². The molecular weight excluding hydrogens is 462 g/mol. The molecule has 0 radical (unpaired) electrons. The van der Waals surface area contributed by atoms with Crippen LogP contribution in [0.25, 0.3) is 10.1 Å². The van der Waals surface area contributed by atoms with Crippen LogP contribution in [0.1, 0.15) is 5.56 Å². The van der Waals surface area contributed by atoms with E-state index in [9.17, 15) is 0 Å². The Hall–Kier alpha value is -0.490. The molecule has 8 heteroatoms. The molecule has 0 fully saturated rings. The molecule has 0 unspecified atom stereocenters. The third-order valence-corrected chi connectivity index (χ3v) is 5.96. The fourth-order valence-corrected chi connectivity index (χ4v) is 4.78. The van der Waals surface area contributed by atoms with Crippen LogP contribution in [0.5, 0.6) is 0 Å². The Bertz CT molecular complexity index is 900. The number of fused-ring (bicyclic) bond motifs is 1. The lowest BCUT2D eigenvalue weighted by Gasteiger charge is -2.06. The van der Waals surface area contributed by atoms with Gasteiger partial charge in [0.1, 0.15) is 0 Å². The van der Waals surface area contributed by atoms with Crippen molar-refractivity contribution in [3.05, 3.63) is 59.8 Å². The van der Waals surface area contributed by atoms with Gasteiger partial charge in [-0.15, -0.1) is 11.3 Å². The van der Waals surface area contributed by atoms with Crippen molar-refractivity contribution in [3.63, 3.8) is 0 Å². The number of thiophene rings is 1. The lowest BCUT2D eigenvalue weighted by molar-refractivity contribution is 1.35. The monoisotopic (exact) mass is 466 g/mol. The molecule has 2 nitrogen and oxygen atoms in total. The first-order chi connectivity index (χ1) is 11.0. The minimum absolute atomic E-state index is 0.400. The van der Waals surface area contributed by atoms with Crippen LogP contribution in [0, 0.1) is 0 Å². The Labute approximate surface area is 165 Å². The number of hydrogen-bond acceptors (Lipinski definition) is 3. The summed E-state index contributed by atoms with van der Waals surface area (Å²) in [5, 5.41) is 7.19. The summed E-state index contributed by atoms with van der Waals surface area (Å²) in [5.74, 6) is 0. The van der Waals surface area contributed by atoms with E-state index >= 15 is 0 Å². The Morgan fingerprint density at radius 1 is 1.00 bits per heavy atom. The maximum absolute atomic E-state index is 6.11. The summed E-state index contributed by atoms with van der Waals surface area (Å²) in [5.41, 5.74) is 4.29. The van der Waals surface area contributed by atoms with Gasteiger partial charge in [-0.1, -0.05) is 46.4 Å². The van der Waals surface area contributed by atoms with Crippen LogP contribution in [0.3, 0.4) is 0 Å². The van der Waals surface area contributed by atoms with E-state index in [2.05, 4.69) is 26.5 Å². The van der Waals surface area contributed by atoms with E-state index in [0.29, 0.717) is 25.8 Å². The Morgan fingerprint density at radius 2 is 1.70 bits per heavy atom. The number of nitrogens with zero attached hydrogens (tertiary/aromatic N) is 1. The minimum Gasteiger partial charge on any atom is -0.275 e. The Kier molecular flexibility index (Phi) is 5.41. The van der Waals surface area contributed by atoms with Crippen molar-refractivity contribution in [1.29, 1.82) is 0 Å². The van der Waals surface area contributed by atoms with Crippen molar-refractivity contribution in [3.8, 4) is 0 Å². The normalized spacial score (nSPS) is 11.5. The van der Waals surface area contributed by atoms with Crippen molar-refractivity contribution >= 4 is 95.7 Å². The van der Waals surface area contributed by atoms with Crippen molar-refractivity contribution in [2.75, 3.05) is 5.43 Å².